The average Bonchev–Trinajstić information content (AvgIpc) is 2.31. The highest BCUT2D eigenvalue weighted by Crippen LogP contribution is 2.20. The molecular formula is C6H5ClO4. The van der Waals surface area contributed by atoms with Crippen molar-refractivity contribution in [2.24, 2.45) is 0 Å². The molecule has 0 aliphatic carbocycles. The third kappa shape index (κ3) is 1.53. The summed E-state index contributed by atoms with van der Waals surface area (Å²) >= 11 is 5.40. The minimum absolute atomic E-state index is 0.0788. The Balaban J connectivity index is 3.05. The third-order valence-corrected chi connectivity index (χ3v) is 1.46. The molecular weight excluding hydrogens is 172 g/mol. The molecule has 4 nitrogen and oxygen atoms in total. The average molecular weight is 177 g/mol. The zero-order valence-corrected chi connectivity index (χ0v) is 6.13. The Morgan fingerprint density at radius 2 is 2.36 bits per heavy atom. The van der Waals surface area contributed by atoms with Crippen molar-refractivity contribution in [3.05, 3.63) is 22.6 Å². The Labute approximate surface area is 67.0 Å². The molecule has 0 spiro atoms. The second-order valence-corrected chi connectivity index (χ2v) is 2.22. The number of halogens is 1. The minimum Gasteiger partial charge on any atom is -0.475 e. The van der Waals surface area contributed by atoms with E-state index in [2.05, 4.69) is 4.42 Å². The van der Waals surface area contributed by atoms with Crippen LogP contribution in [-0.4, -0.2) is 16.2 Å². The molecule has 5 heteroatoms. The van der Waals surface area contributed by atoms with Crippen LogP contribution in [0.5, 0.6) is 0 Å². The van der Waals surface area contributed by atoms with Crippen LogP contribution < -0.4 is 0 Å². The summed E-state index contributed by atoms with van der Waals surface area (Å²) in [6.45, 7) is -0.324. The van der Waals surface area contributed by atoms with Gasteiger partial charge in [0.25, 0.3) is 0 Å². The molecule has 0 saturated carbocycles. The van der Waals surface area contributed by atoms with E-state index < -0.39 is 5.97 Å². The fraction of sp³-hybridized carbons (Fsp3) is 0.167. The van der Waals surface area contributed by atoms with Crippen molar-refractivity contribution >= 4 is 17.6 Å². The molecule has 11 heavy (non-hydrogen) atoms. The van der Waals surface area contributed by atoms with Crippen LogP contribution in [-0.2, 0) is 6.61 Å². The lowest BCUT2D eigenvalue weighted by Crippen LogP contribution is -1.91. The summed E-state index contributed by atoms with van der Waals surface area (Å²) in [7, 11) is 0. The summed E-state index contributed by atoms with van der Waals surface area (Å²) in [6, 6.07) is 1.19. The third-order valence-electron chi connectivity index (χ3n) is 1.14. The van der Waals surface area contributed by atoms with Crippen LogP contribution in [0, 0.1) is 0 Å². The number of carboxylic acids is 1. The largest absolute Gasteiger partial charge is 0.475 e. The van der Waals surface area contributed by atoms with Crippen LogP contribution in [0.1, 0.15) is 16.1 Å². The number of furan rings is 1. The monoisotopic (exact) mass is 176 g/mol. The topological polar surface area (TPSA) is 70.7 Å². The van der Waals surface area contributed by atoms with Crippen molar-refractivity contribution < 1.29 is 19.4 Å². The predicted molar refractivity (Wildman–Crippen MR) is 36.6 cm³/mol. The van der Waals surface area contributed by atoms with Gasteiger partial charge in [0.15, 0.2) is 5.22 Å². The van der Waals surface area contributed by atoms with Crippen LogP contribution in [0.4, 0.5) is 0 Å². The van der Waals surface area contributed by atoms with Crippen LogP contribution in [0.25, 0.3) is 0 Å². The van der Waals surface area contributed by atoms with Gasteiger partial charge in [-0.1, -0.05) is 0 Å². The van der Waals surface area contributed by atoms with Crippen molar-refractivity contribution in [2.75, 3.05) is 0 Å². The van der Waals surface area contributed by atoms with Crippen LogP contribution >= 0.6 is 11.6 Å². The van der Waals surface area contributed by atoms with Crippen molar-refractivity contribution in [1.29, 1.82) is 0 Å². The number of rotatable bonds is 2. The maximum atomic E-state index is 10.2. The Morgan fingerprint density at radius 1 is 1.73 bits per heavy atom. The Kier molecular flexibility index (Phi) is 2.16. The van der Waals surface area contributed by atoms with E-state index in [1.807, 2.05) is 0 Å². The van der Waals surface area contributed by atoms with Gasteiger partial charge in [0, 0.05) is 5.56 Å². The summed E-state index contributed by atoms with van der Waals surface area (Å²) < 4.78 is 4.57. The Hall–Kier alpha value is -1.00. The molecule has 1 rings (SSSR count). The van der Waals surface area contributed by atoms with E-state index >= 15 is 0 Å². The molecule has 1 heterocycles. The summed E-state index contributed by atoms with van der Waals surface area (Å²) in [6.07, 6.45) is 0. The number of aliphatic hydroxyl groups excluding tert-OH is 1. The molecule has 0 aromatic carbocycles. The molecule has 0 atom stereocenters. The molecule has 0 fully saturated rings. The van der Waals surface area contributed by atoms with E-state index in [-0.39, 0.29) is 23.2 Å². The molecule has 0 bridgehead atoms. The van der Waals surface area contributed by atoms with E-state index in [9.17, 15) is 4.79 Å². The molecule has 0 unspecified atom stereocenters. The fourth-order valence-electron chi connectivity index (χ4n) is 0.620. The van der Waals surface area contributed by atoms with Gasteiger partial charge in [0.1, 0.15) is 0 Å². The maximum absolute atomic E-state index is 10.2. The number of aromatic carboxylic acids is 1. The normalized spacial score (nSPS) is 10.0. The highest BCUT2D eigenvalue weighted by molar-refractivity contribution is 6.29. The van der Waals surface area contributed by atoms with Gasteiger partial charge in [-0.2, -0.15) is 0 Å². The molecule has 0 radical (unpaired) electrons. The molecule has 0 saturated heterocycles. The van der Waals surface area contributed by atoms with Gasteiger partial charge in [-0.3, -0.25) is 0 Å². The lowest BCUT2D eigenvalue weighted by Gasteiger charge is -1.83. The molecule has 1 aromatic heterocycles. The smallest absolute Gasteiger partial charge is 0.371 e. The summed E-state index contributed by atoms with van der Waals surface area (Å²) in [5, 5.41) is 16.9. The lowest BCUT2D eigenvalue weighted by molar-refractivity contribution is 0.0662. The first kappa shape index (κ1) is 8.10. The van der Waals surface area contributed by atoms with E-state index in [4.69, 9.17) is 21.8 Å². The fourth-order valence-corrected chi connectivity index (χ4v) is 0.817. The summed E-state index contributed by atoms with van der Waals surface area (Å²) in [5.74, 6) is -1.47. The molecule has 2 N–H and O–H groups in total. The lowest BCUT2D eigenvalue weighted by atomic mass is 10.3. The van der Waals surface area contributed by atoms with E-state index in [0.717, 1.165) is 0 Å². The number of hydrogen-bond acceptors (Lipinski definition) is 3. The maximum Gasteiger partial charge on any atom is 0.371 e. The molecule has 0 aliphatic rings. The van der Waals surface area contributed by atoms with Gasteiger partial charge in [-0.15, -0.1) is 0 Å². The van der Waals surface area contributed by atoms with Crippen LogP contribution in [0.3, 0.4) is 0 Å². The molecule has 0 amide bonds. The first-order valence-corrected chi connectivity index (χ1v) is 3.15. The highest BCUT2D eigenvalue weighted by atomic mass is 35.5. The van der Waals surface area contributed by atoms with Gasteiger partial charge in [-0.05, 0) is 17.7 Å². The number of aliphatic hydroxyl groups is 1. The van der Waals surface area contributed by atoms with Gasteiger partial charge >= 0.3 is 5.97 Å². The molecule has 1 aromatic rings. The van der Waals surface area contributed by atoms with Crippen LogP contribution in [0.15, 0.2) is 10.5 Å². The van der Waals surface area contributed by atoms with Crippen molar-refractivity contribution in [1.82, 2.24) is 0 Å². The van der Waals surface area contributed by atoms with Gasteiger partial charge in [0.05, 0.1) is 6.61 Å². The second kappa shape index (κ2) is 2.94. The van der Waals surface area contributed by atoms with Gasteiger partial charge < -0.3 is 14.6 Å². The van der Waals surface area contributed by atoms with Crippen molar-refractivity contribution in [2.45, 2.75) is 6.61 Å². The van der Waals surface area contributed by atoms with E-state index in [0.29, 0.717) is 0 Å². The number of carboxylic acid groups (broad SMARTS) is 1. The molecule has 60 valence electrons. The number of carbonyl (C=O) groups is 1. The van der Waals surface area contributed by atoms with Crippen molar-refractivity contribution in [3.63, 3.8) is 0 Å². The number of hydrogen-bond donors (Lipinski definition) is 2. The summed E-state index contributed by atoms with van der Waals surface area (Å²) in [4.78, 5) is 10.2. The Morgan fingerprint density at radius 3 is 2.64 bits per heavy atom. The first-order chi connectivity index (χ1) is 5.15. The summed E-state index contributed by atoms with van der Waals surface area (Å²) in [5.41, 5.74) is 0.282. The predicted octanol–water partition coefficient (Wildman–Crippen LogP) is 1.12. The minimum atomic E-state index is -1.20. The molecule has 0 aliphatic heterocycles. The van der Waals surface area contributed by atoms with Crippen molar-refractivity contribution in [3.8, 4) is 0 Å². The first-order valence-electron chi connectivity index (χ1n) is 2.77. The van der Waals surface area contributed by atoms with Crippen LogP contribution in [0.2, 0.25) is 5.22 Å². The zero-order valence-electron chi connectivity index (χ0n) is 5.37. The van der Waals surface area contributed by atoms with Gasteiger partial charge in [-0.25, -0.2) is 4.79 Å². The quantitative estimate of drug-likeness (QED) is 0.709. The highest BCUT2D eigenvalue weighted by Gasteiger charge is 2.12. The van der Waals surface area contributed by atoms with Gasteiger partial charge in [0.2, 0.25) is 5.76 Å². The van der Waals surface area contributed by atoms with E-state index in [1.165, 1.54) is 6.07 Å². The van der Waals surface area contributed by atoms with E-state index in [1.54, 1.807) is 0 Å². The zero-order chi connectivity index (χ0) is 8.43. The Bertz CT molecular complexity index is 278. The second-order valence-electron chi connectivity index (χ2n) is 1.87. The SMILES string of the molecule is O=C(O)c1cc(CO)c(Cl)o1. The standard InChI is InChI=1S/C6H5ClO4/c7-5-3(2-8)1-4(11-5)6(9)10/h1,8H,2H2,(H,9,10).